The lowest BCUT2D eigenvalue weighted by atomic mass is 10.1. The van der Waals surface area contributed by atoms with Gasteiger partial charge in [-0.2, -0.15) is 0 Å². The molecular weight excluding hydrogens is 290 g/mol. The van der Waals surface area contributed by atoms with E-state index in [1.54, 1.807) is 4.90 Å². The third kappa shape index (κ3) is 3.44. The molecule has 120 valence electrons. The summed E-state index contributed by atoms with van der Waals surface area (Å²) in [7, 11) is 1.42. The van der Waals surface area contributed by atoms with Gasteiger partial charge in [0.25, 0.3) is 0 Å². The summed E-state index contributed by atoms with van der Waals surface area (Å²) >= 11 is 0. The molecule has 23 heavy (non-hydrogen) atoms. The highest BCUT2D eigenvalue weighted by molar-refractivity contribution is 5.68. The highest BCUT2D eigenvalue weighted by Crippen LogP contribution is 2.22. The van der Waals surface area contributed by atoms with Crippen molar-refractivity contribution in [2.45, 2.75) is 6.92 Å². The van der Waals surface area contributed by atoms with Gasteiger partial charge >= 0.3 is 6.09 Å². The van der Waals surface area contributed by atoms with Crippen LogP contribution in [0.4, 0.5) is 10.6 Å². The summed E-state index contributed by atoms with van der Waals surface area (Å²) in [4.78, 5) is 20.0. The van der Waals surface area contributed by atoms with Gasteiger partial charge in [0.1, 0.15) is 5.82 Å². The molecular formula is C18H21N3O2. The largest absolute Gasteiger partial charge is 0.453 e. The van der Waals surface area contributed by atoms with Crippen molar-refractivity contribution in [3.8, 4) is 11.1 Å². The number of anilines is 1. The Morgan fingerprint density at radius 2 is 1.87 bits per heavy atom. The van der Waals surface area contributed by atoms with Crippen LogP contribution in [0.15, 0.2) is 42.6 Å². The summed E-state index contributed by atoms with van der Waals surface area (Å²) in [6.45, 7) is 4.95. The van der Waals surface area contributed by atoms with Crippen molar-refractivity contribution >= 4 is 11.9 Å². The third-order valence-electron chi connectivity index (χ3n) is 4.14. The maximum Gasteiger partial charge on any atom is 0.409 e. The van der Waals surface area contributed by atoms with Crippen molar-refractivity contribution in [2.24, 2.45) is 0 Å². The number of carbonyl (C=O) groups is 1. The molecule has 1 aliphatic heterocycles. The molecule has 1 fully saturated rings. The molecule has 0 spiro atoms. The fourth-order valence-electron chi connectivity index (χ4n) is 2.82. The standard InChI is InChI=1S/C18H21N3O2/c1-14-4-3-5-15(12-14)16-6-7-17(19-13-16)20-8-10-21(11-9-20)18(22)23-2/h3-7,12-13H,8-11H2,1-2H3. The van der Waals surface area contributed by atoms with E-state index in [0.29, 0.717) is 13.1 Å². The van der Waals surface area contributed by atoms with E-state index in [4.69, 9.17) is 4.74 Å². The van der Waals surface area contributed by atoms with E-state index >= 15 is 0 Å². The van der Waals surface area contributed by atoms with Crippen LogP contribution in [-0.2, 0) is 4.74 Å². The van der Waals surface area contributed by atoms with Gasteiger partial charge in [0.05, 0.1) is 7.11 Å². The van der Waals surface area contributed by atoms with Gasteiger partial charge in [-0.15, -0.1) is 0 Å². The predicted octanol–water partition coefficient (Wildman–Crippen LogP) is 2.95. The number of benzene rings is 1. The number of pyridine rings is 1. The number of rotatable bonds is 2. The normalized spacial score (nSPS) is 14.7. The molecule has 2 aromatic rings. The van der Waals surface area contributed by atoms with Crippen LogP contribution >= 0.6 is 0 Å². The molecule has 0 radical (unpaired) electrons. The minimum absolute atomic E-state index is 0.257. The van der Waals surface area contributed by atoms with Gasteiger partial charge in [-0.1, -0.05) is 29.8 Å². The van der Waals surface area contributed by atoms with Crippen LogP contribution < -0.4 is 4.90 Å². The molecule has 1 aromatic carbocycles. The minimum atomic E-state index is -0.257. The first-order chi connectivity index (χ1) is 11.2. The first-order valence-electron chi connectivity index (χ1n) is 7.78. The number of aromatic nitrogens is 1. The Kier molecular flexibility index (Phi) is 4.46. The number of methoxy groups -OCH3 is 1. The van der Waals surface area contributed by atoms with Crippen LogP contribution in [0.1, 0.15) is 5.56 Å². The van der Waals surface area contributed by atoms with Gasteiger partial charge < -0.3 is 14.5 Å². The average Bonchev–Trinajstić information content (AvgIpc) is 2.61. The van der Waals surface area contributed by atoms with Crippen LogP contribution in [0.25, 0.3) is 11.1 Å². The van der Waals surface area contributed by atoms with Gasteiger partial charge in [-0.3, -0.25) is 0 Å². The molecule has 1 aromatic heterocycles. The van der Waals surface area contributed by atoms with Gasteiger partial charge in [0.2, 0.25) is 0 Å². The molecule has 0 bridgehead atoms. The van der Waals surface area contributed by atoms with E-state index < -0.39 is 0 Å². The van der Waals surface area contributed by atoms with E-state index in [1.807, 2.05) is 12.3 Å². The molecule has 0 aliphatic carbocycles. The number of hydrogen-bond donors (Lipinski definition) is 0. The number of piperazine rings is 1. The molecule has 0 atom stereocenters. The van der Waals surface area contributed by atoms with Crippen LogP contribution in [0, 0.1) is 6.92 Å². The fourth-order valence-corrected chi connectivity index (χ4v) is 2.82. The van der Waals surface area contributed by atoms with E-state index in [-0.39, 0.29) is 6.09 Å². The molecule has 5 heteroatoms. The van der Waals surface area contributed by atoms with Crippen molar-refractivity contribution < 1.29 is 9.53 Å². The van der Waals surface area contributed by atoms with Gasteiger partial charge in [-0.05, 0) is 24.6 Å². The number of hydrogen-bond acceptors (Lipinski definition) is 4. The highest BCUT2D eigenvalue weighted by atomic mass is 16.5. The van der Waals surface area contributed by atoms with Crippen LogP contribution in [0.3, 0.4) is 0 Å². The van der Waals surface area contributed by atoms with Crippen molar-refractivity contribution in [1.82, 2.24) is 9.88 Å². The smallest absolute Gasteiger partial charge is 0.409 e. The summed E-state index contributed by atoms with van der Waals surface area (Å²) in [5.74, 6) is 0.950. The van der Waals surface area contributed by atoms with Crippen molar-refractivity contribution in [2.75, 3.05) is 38.2 Å². The topological polar surface area (TPSA) is 45.7 Å². The number of aryl methyl sites for hydroxylation is 1. The Balaban J connectivity index is 1.68. The second-order valence-corrected chi connectivity index (χ2v) is 5.72. The lowest BCUT2D eigenvalue weighted by Crippen LogP contribution is -2.49. The Morgan fingerprint density at radius 1 is 1.09 bits per heavy atom. The second-order valence-electron chi connectivity index (χ2n) is 5.72. The number of amides is 1. The highest BCUT2D eigenvalue weighted by Gasteiger charge is 2.22. The zero-order valence-corrected chi connectivity index (χ0v) is 13.5. The maximum atomic E-state index is 11.5. The number of nitrogens with zero attached hydrogens (tertiary/aromatic N) is 3. The lowest BCUT2D eigenvalue weighted by Gasteiger charge is -2.34. The summed E-state index contributed by atoms with van der Waals surface area (Å²) < 4.78 is 4.76. The van der Waals surface area contributed by atoms with Crippen molar-refractivity contribution in [3.05, 3.63) is 48.2 Å². The fraction of sp³-hybridized carbons (Fsp3) is 0.333. The van der Waals surface area contributed by atoms with E-state index in [2.05, 4.69) is 47.1 Å². The van der Waals surface area contributed by atoms with E-state index in [0.717, 1.165) is 24.5 Å². The molecule has 2 heterocycles. The first kappa shape index (κ1) is 15.3. The molecule has 5 nitrogen and oxygen atoms in total. The van der Waals surface area contributed by atoms with Crippen LogP contribution in [0.2, 0.25) is 0 Å². The molecule has 1 amide bonds. The number of carbonyl (C=O) groups excluding carboxylic acids is 1. The van der Waals surface area contributed by atoms with Crippen molar-refractivity contribution in [3.63, 3.8) is 0 Å². The third-order valence-corrected chi connectivity index (χ3v) is 4.14. The SMILES string of the molecule is COC(=O)N1CCN(c2ccc(-c3cccc(C)c3)cn2)CC1. The first-order valence-corrected chi connectivity index (χ1v) is 7.78. The summed E-state index contributed by atoms with van der Waals surface area (Å²) in [5.41, 5.74) is 3.54. The minimum Gasteiger partial charge on any atom is -0.453 e. The average molecular weight is 311 g/mol. The van der Waals surface area contributed by atoms with Crippen LogP contribution in [0.5, 0.6) is 0 Å². The summed E-state index contributed by atoms with van der Waals surface area (Å²) in [6, 6.07) is 12.6. The molecule has 0 unspecified atom stereocenters. The lowest BCUT2D eigenvalue weighted by molar-refractivity contribution is 0.121. The van der Waals surface area contributed by atoms with E-state index in [9.17, 15) is 4.79 Å². The molecule has 3 rings (SSSR count). The molecule has 0 saturated carbocycles. The second kappa shape index (κ2) is 6.69. The Hall–Kier alpha value is -2.56. The molecule has 0 N–H and O–H groups in total. The van der Waals surface area contributed by atoms with Gasteiger partial charge in [0.15, 0.2) is 0 Å². The molecule has 1 aliphatic rings. The quantitative estimate of drug-likeness (QED) is 0.855. The Labute approximate surface area is 136 Å². The Morgan fingerprint density at radius 3 is 2.48 bits per heavy atom. The van der Waals surface area contributed by atoms with Crippen molar-refractivity contribution in [1.29, 1.82) is 0 Å². The zero-order valence-electron chi connectivity index (χ0n) is 13.5. The summed E-state index contributed by atoms with van der Waals surface area (Å²) in [6.07, 6.45) is 1.66. The zero-order chi connectivity index (χ0) is 16.2. The van der Waals surface area contributed by atoms with Crippen LogP contribution in [-0.4, -0.2) is 49.3 Å². The summed E-state index contributed by atoms with van der Waals surface area (Å²) in [5, 5.41) is 0. The van der Waals surface area contributed by atoms with E-state index in [1.165, 1.54) is 18.2 Å². The predicted molar refractivity (Wildman–Crippen MR) is 90.6 cm³/mol. The molecule has 1 saturated heterocycles. The number of ether oxygens (including phenoxy) is 1. The maximum absolute atomic E-state index is 11.5. The van der Waals surface area contributed by atoms with Gasteiger partial charge in [-0.25, -0.2) is 9.78 Å². The monoisotopic (exact) mass is 311 g/mol. The Bertz CT molecular complexity index is 677. The van der Waals surface area contributed by atoms with Gasteiger partial charge in [0, 0.05) is 37.9 Å².